The molecule has 4 rings (SSSR count). The molecule has 4 heterocycles. The zero-order valence-electron chi connectivity index (χ0n) is 15.8. The van der Waals surface area contributed by atoms with Gasteiger partial charge in [-0.2, -0.15) is 5.10 Å². The van der Waals surface area contributed by atoms with E-state index >= 15 is 0 Å². The number of carbonyl (C=O) groups is 1. The van der Waals surface area contributed by atoms with Gasteiger partial charge in [0.15, 0.2) is 11.3 Å². The Balaban J connectivity index is 1.77. The highest BCUT2D eigenvalue weighted by Gasteiger charge is 2.33. The van der Waals surface area contributed by atoms with E-state index in [1.807, 2.05) is 0 Å². The van der Waals surface area contributed by atoms with Crippen LogP contribution in [0.2, 0.25) is 0 Å². The summed E-state index contributed by atoms with van der Waals surface area (Å²) in [7, 11) is -2.14. The van der Waals surface area contributed by atoms with Gasteiger partial charge in [-0.15, -0.1) is 0 Å². The van der Waals surface area contributed by atoms with Crippen molar-refractivity contribution in [2.45, 2.75) is 31.7 Å². The number of esters is 1. The molecule has 0 spiro atoms. The van der Waals surface area contributed by atoms with E-state index in [4.69, 9.17) is 4.74 Å². The molecule has 0 saturated carbocycles. The van der Waals surface area contributed by atoms with Gasteiger partial charge in [-0.1, -0.05) is 0 Å². The standard InChI is InChI=1S/C17H20N6O4S/c1-4-27-16(24)14-10-22-6-5-7-23(17(22)19-14)28(25,26)12-8-13-11(2)20-21(3)15(13)18-9-12/h8-10H,4-7H2,1-3H3. The van der Waals surface area contributed by atoms with Gasteiger partial charge in [0.25, 0.3) is 10.0 Å². The number of hydrogen-bond acceptors (Lipinski definition) is 7. The first-order valence-corrected chi connectivity index (χ1v) is 10.3. The van der Waals surface area contributed by atoms with E-state index in [1.165, 1.54) is 16.7 Å². The number of aryl methyl sites for hydroxylation is 3. The van der Waals surface area contributed by atoms with Crippen molar-refractivity contribution >= 4 is 33.0 Å². The molecule has 28 heavy (non-hydrogen) atoms. The Morgan fingerprint density at radius 2 is 2.11 bits per heavy atom. The number of ether oxygens (including phenoxy) is 1. The molecule has 3 aromatic rings. The van der Waals surface area contributed by atoms with Gasteiger partial charge in [-0.25, -0.2) is 27.5 Å². The number of pyridine rings is 1. The summed E-state index contributed by atoms with van der Waals surface area (Å²) in [5, 5.41) is 4.96. The first-order valence-electron chi connectivity index (χ1n) is 8.89. The molecule has 0 unspecified atom stereocenters. The van der Waals surface area contributed by atoms with Crippen LogP contribution in [0.15, 0.2) is 23.4 Å². The molecule has 10 nitrogen and oxygen atoms in total. The van der Waals surface area contributed by atoms with Gasteiger partial charge in [0.1, 0.15) is 4.90 Å². The van der Waals surface area contributed by atoms with Crippen LogP contribution in [0, 0.1) is 6.92 Å². The van der Waals surface area contributed by atoms with Crippen molar-refractivity contribution in [1.29, 1.82) is 0 Å². The van der Waals surface area contributed by atoms with Crippen LogP contribution < -0.4 is 4.31 Å². The summed E-state index contributed by atoms with van der Waals surface area (Å²) in [6.45, 7) is 4.57. The van der Waals surface area contributed by atoms with Crippen molar-refractivity contribution in [3.63, 3.8) is 0 Å². The van der Waals surface area contributed by atoms with Crippen molar-refractivity contribution in [3.8, 4) is 0 Å². The monoisotopic (exact) mass is 404 g/mol. The second-order valence-corrected chi connectivity index (χ2v) is 8.38. The van der Waals surface area contributed by atoms with Crippen molar-refractivity contribution in [2.24, 2.45) is 7.05 Å². The maximum Gasteiger partial charge on any atom is 0.358 e. The lowest BCUT2D eigenvalue weighted by Gasteiger charge is -2.28. The van der Waals surface area contributed by atoms with E-state index in [0.717, 1.165) is 0 Å². The minimum Gasteiger partial charge on any atom is -0.461 e. The molecular formula is C17H20N6O4S. The van der Waals surface area contributed by atoms with E-state index < -0.39 is 16.0 Å². The molecule has 11 heteroatoms. The van der Waals surface area contributed by atoms with Crippen molar-refractivity contribution in [3.05, 3.63) is 29.8 Å². The molecule has 0 fully saturated rings. The lowest BCUT2D eigenvalue weighted by atomic mass is 10.3. The fourth-order valence-corrected chi connectivity index (χ4v) is 4.78. The lowest BCUT2D eigenvalue weighted by Crippen LogP contribution is -2.37. The molecule has 0 amide bonds. The number of nitrogens with zero attached hydrogens (tertiary/aromatic N) is 6. The number of aromatic nitrogens is 5. The summed E-state index contributed by atoms with van der Waals surface area (Å²) in [6.07, 6.45) is 3.46. The molecule has 0 saturated heterocycles. The van der Waals surface area contributed by atoms with Crippen molar-refractivity contribution in [1.82, 2.24) is 24.3 Å². The highest BCUT2D eigenvalue weighted by molar-refractivity contribution is 7.92. The minimum absolute atomic E-state index is 0.0604. The second-order valence-electron chi connectivity index (χ2n) is 6.52. The SMILES string of the molecule is CCOC(=O)c1cn2c(n1)N(S(=O)(=O)c1cnc3c(c1)c(C)nn3C)CCC2. The third-order valence-electron chi connectivity index (χ3n) is 4.65. The van der Waals surface area contributed by atoms with Crippen molar-refractivity contribution < 1.29 is 17.9 Å². The fraction of sp³-hybridized carbons (Fsp3) is 0.412. The molecule has 1 aliphatic rings. The summed E-state index contributed by atoms with van der Waals surface area (Å²) < 4.78 is 36.1. The van der Waals surface area contributed by atoms with Crippen LogP contribution in [0.25, 0.3) is 11.0 Å². The number of anilines is 1. The predicted molar refractivity (Wildman–Crippen MR) is 101 cm³/mol. The Hall–Kier alpha value is -2.95. The maximum absolute atomic E-state index is 13.3. The molecule has 1 aliphatic heterocycles. The molecule has 0 N–H and O–H groups in total. The molecule has 148 valence electrons. The summed E-state index contributed by atoms with van der Waals surface area (Å²) in [5.41, 5.74) is 1.41. The molecule has 0 aliphatic carbocycles. The van der Waals surface area contributed by atoms with Crippen molar-refractivity contribution in [2.75, 3.05) is 17.5 Å². The summed E-state index contributed by atoms with van der Waals surface area (Å²) in [4.78, 5) is 20.5. The van der Waals surface area contributed by atoms with Crippen LogP contribution in [0.3, 0.4) is 0 Å². The lowest BCUT2D eigenvalue weighted by molar-refractivity contribution is 0.0520. The van der Waals surface area contributed by atoms with Gasteiger partial charge in [-0.3, -0.25) is 4.68 Å². The third kappa shape index (κ3) is 2.82. The molecule has 3 aromatic heterocycles. The third-order valence-corrected chi connectivity index (χ3v) is 6.39. The largest absolute Gasteiger partial charge is 0.461 e. The van der Waals surface area contributed by atoms with Gasteiger partial charge < -0.3 is 9.30 Å². The normalized spacial score (nSPS) is 14.3. The number of fused-ring (bicyclic) bond motifs is 2. The predicted octanol–water partition coefficient (Wildman–Crippen LogP) is 1.25. The van der Waals surface area contributed by atoms with Crippen LogP contribution in [0.1, 0.15) is 29.5 Å². The van der Waals surface area contributed by atoms with Gasteiger partial charge in [-0.05, 0) is 26.3 Å². The Bertz CT molecular complexity index is 1180. The highest BCUT2D eigenvalue weighted by atomic mass is 32.2. The number of rotatable bonds is 4. The zero-order chi connectivity index (χ0) is 20.1. The van der Waals surface area contributed by atoms with Crippen LogP contribution in [0.5, 0.6) is 0 Å². The van der Waals surface area contributed by atoms with E-state index in [1.54, 1.807) is 36.2 Å². The van der Waals surface area contributed by atoms with Gasteiger partial charge in [0, 0.05) is 37.9 Å². The maximum atomic E-state index is 13.3. The molecular weight excluding hydrogens is 384 g/mol. The smallest absolute Gasteiger partial charge is 0.358 e. The molecule has 0 radical (unpaired) electrons. The average molecular weight is 404 g/mol. The number of sulfonamides is 1. The van der Waals surface area contributed by atoms with Crippen LogP contribution >= 0.6 is 0 Å². The number of imidazole rings is 1. The minimum atomic E-state index is -3.90. The quantitative estimate of drug-likeness (QED) is 0.602. The Morgan fingerprint density at radius 1 is 1.32 bits per heavy atom. The zero-order valence-corrected chi connectivity index (χ0v) is 16.6. The van der Waals surface area contributed by atoms with Crippen LogP contribution in [-0.4, -0.2) is 51.9 Å². The molecule has 0 bridgehead atoms. The van der Waals surface area contributed by atoms with Gasteiger partial charge in [0.05, 0.1) is 12.3 Å². The summed E-state index contributed by atoms with van der Waals surface area (Å²) in [6, 6.07) is 1.58. The summed E-state index contributed by atoms with van der Waals surface area (Å²) in [5.74, 6) is -0.367. The number of carbonyl (C=O) groups excluding carboxylic acids is 1. The van der Waals surface area contributed by atoms with Gasteiger partial charge in [0.2, 0.25) is 5.95 Å². The van der Waals surface area contributed by atoms with E-state index in [9.17, 15) is 13.2 Å². The van der Waals surface area contributed by atoms with Crippen LogP contribution in [-0.2, 0) is 28.4 Å². The molecule has 0 aromatic carbocycles. The van der Waals surface area contributed by atoms with E-state index in [0.29, 0.717) is 29.7 Å². The van der Waals surface area contributed by atoms with E-state index in [2.05, 4.69) is 15.1 Å². The average Bonchev–Trinajstić information content (AvgIpc) is 3.23. The van der Waals surface area contributed by atoms with Crippen LogP contribution in [0.4, 0.5) is 5.95 Å². The fourth-order valence-electron chi connectivity index (χ4n) is 3.34. The second kappa shape index (κ2) is 6.59. The Morgan fingerprint density at radius 3 is 2.86 bits per heavy atom. The first-order chi connectivity index (χ1) is 13.3. The van der Waals surface area contributed by atoms with E-state index in [-0.39, 0.29) is 29.7 Å². The Labute approximate surface area is 161 Å². The molecule has 0 atom stereocenters. The topological polar surface area (TPSA) is 112 Å². The Kier molecular flexibility index (Phi) is 4.33. The first kappa shape index (κ1) is 18.4. The highest BCUT2D eigenvalue weighted by Crippen LogP contribution is 2.29. The number of hydrogen-bond donors (Lipinski definition) is 0. The van der Waals surface area contributed by atoms with Gasteiger partial charge >= 0.3 is 5.97 Å². The summed E-state index contributed by atoms with van der Waals surface area (Å²) >= 11 is 0.